The van der Waals surface area contributed by atoms with Gasteiger partial charge in [-0.15, -0.1) is 0 Å². The predicted octanol–water partition coefficient (Wildman–Crippen LogP) is 2.11. The number of carbonyl (C=O) groups excluding carboxylic acids is 2. The summed E-state index contributed by atoms with van der Waals surface area (Å²) >= 11 is 0. The Morgan fingerprint density at radius 2 is 1.94 bits per heavy atom. The van der Waals surface area contributed by atoms with Crippen LogP contribution >= 0.6 is 0 Å². The molecule has 0 aromatic heterocycles. The number of hydrogen-bond donors (Lipinski definition) is 1. The molecule has 1 unspecified atom stereocenters. The van der Waals surface area contributed by atoms with Crippen molar-refractivity contribution in [3.05, 3.63) is 12.2 Å². The minimum atomic E-state index is -0.593. The Hall–Kier alpha value is -1.16. The Labute approximate surface area is 98.3 Å². The number of aliphatic hydroxyl groups is 1. The number of allylic oxidation sites excluding steroid dienone is 2. The van der Waals surface area contributed by atoms with Gasteiger partial charge in [0.25, 0.3) is 0 Å². The van der Waals surface area contributed by atoms with Crippen LogP contribution in [0.3, 0.4) is 0 Å². The van der Waals surface area contributed by atoms with E-state index in [1.807, 2.05) is 6.92 Å². The van der Waals surface area contributed by atoms with Crippen LogP contribution in [0.5, 0.6) is 0 Å². The van der Waals surface area contributed by atoms with E-state index in [1.54, 1.807) is 19.9 Å². The summed E-state index contributed by atoms with van der Waals surface area (Å²) in [5.74, 6) is -0.231. The molecular formula is C12H24O4. The molecule has 0 saturated carbocycles. The van der Waals surface area contributed by atoms with Gasteiger partial charge in [0, 0.05) is 0 Å². The second kappa shape index (κ2) is 13.8. The first-order valence-corrected chi connectivity index (χ1v) is 4.90. The van der Waals surface area contributed by atoms with Gasteiger partial charge in [-0.2, -0.15) is 0 Å². The largest absolute Gasteiger partial charge is 0.466 e. The highest BCUT2D eigenvalue weighted by molar-refractivity contribution is 5.87. The van der Waals surface area contributed by atoms with Gasteiger partial charge < -0.3 is 9.84 Å². The molecule has 1 N–H and O–H groups in total. The van der Waals surface area contributed by atoms with Gasteiger partial charge in [-0.1, -0.05) is 13.5 Å². The highest BCUT2D eigenvalue weighted by Gasteiger charge is 2.04. The van der Waals surface area contributed by atoms with Crippen LogP contribution < -0.4 is 0 Å². The Morgan fingerprint density at radius 1 is 1.44 bits per heavy atom. The summed E-state index contributed by atoms with van der Waals surface area (Å²) in [6.07, 6.45) is 2.75. The lowest BCUT2D eigenvalue weighted by molar-refractivity contribution is -0.145. The molecular weight excluding hydrogens is 208 g/mol. The summed E-state index contributed by atoms with van der Waals surface area (Å²) in [6.45, 7) is 7.02. The number of esters is 1. The minimum absolute atomic E-state index is 0. The molecule has 0 aliphatic rings. The smallest absolute Gasteiger partial charge is 0.308 e. The van der Waals surface area contributed by atoms with Crippen molar-refractivity contribution < 1.29 is 19.4 Å². The Morgan fingerprint density at radius 3 is 2.12 bits per heavy atom. The van der Waals surface area contributed by atoms with Crippen molar-refractivity contribution in [3.8, 4) is 0 Å². The molecule has 0 amide bonds. The van der Waals surface area contributed by atoms with Crippen LogP contribution in [-0.4, -0.2) is 29.6 Å². The lowest BCUT2D eigenvalue weighted by Crippen LogP contribution is -2.11. The van der Waals surface area contributed by atoms with E-state index >= 15 is 0 Å². The van der Waals surface area contributed by atoms with Gasteiger partial charge in [-0.3, -0.25) is 9.59 Å². The average molecular weight is 232 g/mol. The minimum Gasteiger partial charge on any atom is -0.466 e. The van der Waals surface area contributed by atoms with E-state index in [9.17, 15) is 9.59 Å². The molecule has 96 valence electrons. The summed E-state index contributed by atoms with van der Waals surface area (Å²) in [5.41, 5.74) is 0. The molecule has 0 aromatic rings. The quantitative estimate of drug-likeness (QED) is 0.595. The summed E-state index contributed by atoms with van der Waals surface area (Å²) in [6, 6.07) is 0. The molecule has 0 bridgehead atoms. The number of ether oxygens (including phenoxy) is 1. The van der Waals surface area contributed by atoms with Crippen molar-refractivity contribution in [3.63, 3.8) is 0 Å². The molecule has 4 nitrogen and oxygen atoms in total. The Balaban J connectivity index is -0.000000214. The summed E-state index contributed by atoms with van der Waals surface area (Å²) in [4.78, 5) is 20.4. The van der Waals surface area contributed by atoms with Crippen molar-refractivity contribution in [1.82, 2.24) is 0 Å². The predicted molar refractivity (Wildman–Crippen MR) is 65.2 cm³/mol. The summed E-state index contributed by atoms with van der Waals surface area (Å²) in [7, 11) is 0. The highest BCUT2D eigenvalue weighted by Crippen LogP contribution is 1.91. The SMILES string of the molecule is C.C/C=C/C(C)=O.CCOC(=O)CC(C)O. The standard InChI is InChI=1S/C6H12O3.C5H8O.CH4/c1-3-9-6(8)4-5(2)7;1-3-4-5(2)6;/h5,7H,3-4H2,1-2H3;3-4H,1-2H3;1H4/b;4-3+;. The second-order valence-electron chi connectivity index (χ2n) is 2.97. The highest BCUT2D eigenvalue weighted by atomic mass is 16.5. The lowest BCUT2D eigenvalue weighted by atomic mass is 10.3. The molecule has 0 fully saturated rings. The molecule has 0 saturated heterocycles. The van der Waals surface area contributed by atoms with Crippen molar-refractivity contribution in [2.45, 2.75) is 47.6 Å². The first kappa shape index (κ1) is 20.3. The number of carbonyl (C=O) groups is 2. The topological polar surface area (TPSA) is 63.6 Å². The van der Waals surface area contributed by atoms with E-state index in [4.69, 9.17) is 5.11 Å². The van der Waals surface area contributed by atoms with Gasteiger partial charge in [-0.25, -0.2) is 0 Å². The fraction of sp³-hybridized carbons (Fsp3) is 0.667. The lowest BCUT2D eigenvalue weighted by Gasteiger charge is -2.01. The molecule has 0 aromatic carbocycles. The van der Waals surface area contributed by atoms with Gasteiger partial charge in [0.15, 0.2) is 5.78 Å². The van der Waals surface area contributed by atoms with E-state index in [1.165, 1.54) is 13.0 Å². The van der Waals surface area contributed by atoms with Crippen LogP contribution in [0.2, 0.25) is 0 Å². The van der Waals surface area contributed by atoms with Crippen LogP contribution in [0.4, 0.5) is 0 Å². The molecule has 4 heteroatoms. The van der Waals surface area contributed by atoms with Crippen LogP contribution in [-0.2, 0) is 14.3 Å². The average Bonchev–Trinajstić information content (AvgIpc) is 2.03. The first-order chi connectivity index (χ1) is 6.93. The van der Waals surface area contributed by atoms with Crippen LogP contribution in [0.1, 0.15) is 41.5 Å². The van der Waals surface area contributed by atoms with Gasteiger partial charge in [-0.05, 0) is 33.8 Å². The van der Waals surface area contributed by atoms with Crippen LogP contribution in [0, 0.1) is 0 Å². The van der Waals surface area contributed by atoms with E-state index in [0.29, 0.717) is 6.61 Å². The van der Waals surface area contributed by atoms with Gasteiger partial charge in [0.1, 0.15) is 0 Å². The van der Waals surface area contributed by atoms with E-state index < -0.39 is 6.10 Å². The van der Waals surface area contributed by atoms with Crippen LogP contribution in [0.25, 0.3) is 0 Å². The zero-order valence-corrected chi connectivity index (χ0v) is 9.82. The normalized spacial score (nSPS) is 10.8. The molecule has 0 spiro atoms. The van der Waals surface area contributed by atoms with E-state index in [-0.39, 0.29) is 25.6 Å². The summed E-state index contributed by atoms with van der Waals surface area (Å²) < 4.78 is 4.55. The van der Waals surface area contributed by atoms with Gasteiger partial charge in [0.05, 0.1) is 19.1 Å². The second-order valence-corrected chi connectivity index (χ2v) is 2.97. The molecule has 0 rings (SSSR count). The maximum absolute atomic E-state index is 10.5. The third-order valence-corrected chi connectivity index (χ3v) is 1.17. The van der Waals surface area contributed by atoms with Crippen molar-refractivity contribution >= 4 is 11.8 Å². The van der Waals surface area contributed by atoms with E-state index in [0.717, 1.165) is 0 Å². The molecule has 0 aliphatic heterocycles. The third-order valence-electron chi connectivity index (χ3n) is 1.17. The van der Waals surface area contributed by atoms with Gasteiger partial charge in [0.2, 0.25) is 0 Å². The van der Waals surface area contributed by atoms with Crippen molar-refractivity contribution in [2.75, 3.05) is 6.61 Å². The number of hydrogen-bond acceptors (Lipinski definition) is 4. The van der Waals surface area contributed by atoms with Crippen molar-refractivity contribution in [2.24, 2.45) is 0 Å². The fourth-order valence-corrected chi connectivity index (χ4v) is 0.696. The zero-order chi connectivity index (χ0) is 12.3. The maximum atomic E-state index is 10.5. The molecule has 1 atom stereocenters. The number of ketones is 1. The van der Waals surface area contributed by atoms with E-state index in [2.05, 4.69) is 4.74 Å². The Bertz CT molecular complexity index is 207. The Kier molecular flexibility index (Phi) is 17.5. The zero-order valence-electron chi connectivity index (χ0n) is 9.82. The molecule has 0 aliphatic carbocycles. The monoisotopic (exact) mass is 232 g/mol. The van der Waals surface area contributed by atoms with Crippen molar-refractivity contribution in [1.29, 1.82) is 0 Å². The molecule has 0 heterocycles. The third kappa shape index (κ3) is 23.0. The molecule has 16 heavy (non-hydrogen) atoms. The maximum Gasteiger partial charge on any atom is 0.308 e. The van der Waals surface area contributed by atoms with Crippen LogP contribution in [0.15, 0.2) is 12.2 Å². The van der Waals surface area contributed by atoms with Gasteiger partial charge >= 0.3 is 5.97 Å². The number of aliphatic hydroxyl groups excluding tert-OH is 1. The fourth-order valence-electron chi connectivity index (χ4n) is 0.696. The number of rotatable bonds is 4. The molecule has 0 radical (unpaired) electrons. The summed E-state index contributed by atoms with van der Waals surface area (Å²) in [5, 5.41) is 8.65. The first-order valence-electron chi connectivity index (χ1n) is 4.90.